The van der Waals surface area contributed by atoms with Crippen molar-refractivity contribution in [3.8, 4) is 0 Å². The predicted octanol–water partition coefficient (Wildman–Crippen LogP) is 10.8. The van der Waals surface area contributed by atoms with E-state index in [0.717, 1.165) is 17.4 Å². The third-order valence-corrected chi connectivity index (χ3v) is 12.4. The van der Waals surface area contributed by atoms with Gasteiger partial charge in [0.2, 0.25) is 0 Å². The SMILES string of the molecule is CCCCCCCCCCCCCCCCCCC1CC2CC=CC=C2C1[SiH2]C1(C)C=CC=CC1. The fourth-order valence-electron chi connectivity index (χ4n) is 7.14. The zero-order valence-corrected chi connectivity index (χ0v) is 25.0. The van der Waals surface area contributed by atoms with Crippen molar-refractivity contribution in [1.82, 2.24) is 0 Å². The Kier molecular flexibility index (Phi) is 13.8. The Morgan fingerprint density at radius 3 is 1.91 bits per heavy atom. The van der Waals surface area contributed by atoms with E-state index in [2.05, 4.69) is 56.4 Å². The third-order valence-electron chi connectivity index (χ3n) is 9.35. The summed E-state index contributed by atoms with van der Waals surface area (Å²) in [5, 5.41) is 0.503. The highest BCUT2D eigenvalue weighted by Gasteiger charge is 2.41. The second-order valence-corrected chi connectivity index (χ2v) is 15.5. The van der Waals surface area contributed by atoms with Gasteiger partial charge in [0, 0.05) is 9.52 Å². The van der Waals surface area contributed by atoms with E-state index < -0.39 is 0 Å². The molecule has 0 aromatic rings. The zero-order valence-electron chi connectivity index (χ0n) is 23.6. The van der Waals surface area contributed by atoms with Crippen LogP contribution < -0.4 is 0 Å². The second-order valence-electron chi connectivity index (χ2n) is 12.6. The lowest BCUT2D eigenvalue weighted by Gasteiger charge is -2.33. The van der Waals surface area contributed by atoms with Gasteiger partial charge in [0.25, 0.3) is 0 Å². The molecule has 0 N–H and O–H groups in total. The normalized spacial score (nSPS) is 27.7. The molecule has 3 aliphatic carbocycles. The van der Waals surface area contributed by atoms with Crippen LogP contribution in [0.2, 0.25) is 10.6 Å². The Hall–Kier alpha value is -0.823. The van der Waals surface area contributed by atoms with Crippen LogP contribution in [-0.2, 0) is 0 Å². The molecule has 0 aliphatic heterocycles. The molecule has 1 heteroatoms. The maximum Gasteiger partial charge on any atom is 0.0404 e. The molecule has 0 spiro atoms. The average Bonchev–Trinajstić information content (AvgIpc) is 3.20. The van der Waals surface area contributed by atoms with Crippen molar-refractivity contribution >= 4 is 9.52 Å². The molecule has 35 heavy (non-hydrogen) atoms. The molecule has 0 radical (unpaired) electrons. The Labute approximate surface area is 222 Å². The van der Waals surface area contributed by atoms with E-state index in [1.807, 2.05) is 5.57 Å². The van der Waals surface area contributed by atoms with Crippen LogP contribution in [0.15, 0.2) is 48.1 Å². The van der Waals surface area contributed by atoms with Crippen molar-refractivity contribution < 1.29 is 0 Å². The number of allylic oxidation sites excluding steroid dienone is 8. The molecule has 0 saturated heterocycles. The summed E-state index contributed by atoms with van der Waals surface area (Å²) in [4.78, 5) is 0. The topological polar surface area (TPSA) is 0 Å². The van der Waals surface area contributed by atoms with E-state index in [0.29, 0.717) is 5.04 Å². The Morgan fingerprint density at radius 1 is 0.743 bits per heavy atom. The lowest BCUT2D eigenvalue weighted by atomic mass is 9.94. The molecule has 0 bridgehead atoms. The fourth-order valence-corrected chi connectivity index (χ4v) is 10.2. The smallest absolute Gasteiger partial charge is 0.0404 e. The van der Waals surface area contributed by atoms with Crippen molar-refractivity contribution in [2.75, 3.05) is 0 Å². The van der Waals surface area contributed by atoms with Gasteiger partial charge < -0.3 is 0 Å². The van der Waals surface area contributed by atoms with Gasteiger partial charge in [0.05, 0.1) is 0 Å². The fraction of sp³-hybridized carbons (Fsp3) is 0.765. The summed E-state index contributed by atoms with van der Waals surface area (Å²) in [6.07, 6.45) is 46.0. The number of fused-ring (bicyclic) bond motifs is 1. The molecule has 3 rings (SSSR count). The molecule has 1 fully saturated rings. The van der Waals surface area contributed by atoms with Crippen LogP contribution in [0, 0.1) is 11.8 Å². The van der Waals surface area contributed by atoms with Crippen LogP contribution in [0.25, 0.3) is 0 Å². The summed E-state index contributed by atoms with van der Waals surface area (Å²) >= 11 is 0. The van der Waals surface area contributed by atoms with E-state index in [4.69, 9.17) is 0 Å². The molecule has 198 valence electrons. The minimum Gasteiger partial charge on any atom is -0.0840 e. The maximum atomic E-state index is 2.55. The highest BCUT2D eigenvalue weighted by atomic mass is 28.2. The van der Waals surface area contributed by atoms with Gasteiger partial charge in [-0.15, -0.1) is 0 Å². The zero-order chi connectivity index (χ0) is 24.6. The quantitative estimate of drug-likeness (QED) is 0.124. The highest BCUT2D eigenvalue weighted by Crippen LogP contribution is 2.53. The standard InChI is InChI=1S/C34H58Si/c1-3-4-5-6-7-8-9-10-11-12-13-14-15-16-17-19-25-31-29-30-24-20-21-26-32(30)33(31)35-34(2)27-22-18-23-28-34/h18,20-23,26-27,30-31,33H,3-17,19,24-25,28-29,35H2,1-2H3. The summed E-state index contributed by atoms with van der Waals surface area (Å²) in [5.74, 6) is 1.87. The van der Waals surface area contributed by atoms with Crippen LogP contribution in [0.4, 0.5) is 0 Å². The van der Waals surface area contributed by atoms with Crippen LogP contribution in [0.3, 0.4) is 0 Å². The minimum atomic E-state index is -0.175. The number of hydrogen-bond acceptors (Lipinski definition) is 0. The monoisotopic (exact) mass is 494 g/mol. The van der Waals surface area contributed by atoms with Gasteiger partial charge in [-0.1, -0.05) is 171 Å². The van der Waals surface area contributed by atoms with Gasteiger partial charge in [-0.05, 0) is 41.7 Å². The summed E-state index contributed by atoms with van der Waals surface area (Å²) in [5.41, 5.74) is 2.83. The first-order chi connectivity index (χ1) is 17.2. The van der Waals surface area contributed by atoms with E-state index in [-0.39, 0.29) is 9.52 Å². The van der Waals surface area contributed by atoms with Gasteiger partial charge in [-0.25, -0.2) is 0 Å². The Bertz CT molecular complexity index is 683. The Morgan fingerprint density at radius 2 is 1.34 bits per heavy atom. The first-order valence-corrected chi connectivity index (χ1v) is 17.5. The van der Waals surface area contributed by atoms with Gasteiger partial charge >= 0.3 is 0 Å². The minimum absolute atomic E-state index is 0.175. The van der Waals surface area contributed by atoms with Crippen molar-refractivity contribution in [2.45, 2.75) is 153 Å². The van der Waals surface area contributed by atoms with Crippen molar-refractivity contribution in [3.05, 3.63) is 48.1 Å². The summed E-state index contributed by atoms with van der Waals surface area (Å²) in [6, 6.07) is 0. The molecule has 0 amide bonds. The number of unbranched alkanes of at least 4 members (excludes halogenated alkanes) is 15. The van der Waals surface area contributed by atoms with Gasteiger partial charge in [-0.3, -0.25) is 0 Å². The Balaban J connectivity index is 1.22. The molecule has 0 aromatic carbocycles. The van der Waals surface area contributed by atoms with E-state index in [1.54, 1.807) is 0 Å². The van der Waals surface area contributed by atoms with E-state index >= 15 is 0 Å². The third kappa shape index (κ3) is 10.6. The van der Waals surface area contributed by atoms with Gasteiger partial charge in [0.1, 0.15) is 0 Å². The molecule has 0 nitrogen and oxygen atoms in total. The first kappa shape index (κ1) is 28.7. The summed E-state index contributed by atoms with van der Waals surface area (Å²) < 4.78 is 0. The van der Waals surface area contributed by atoms with Crippen molar-refractivity contribution in [3.63, 3.8) is 0 Å². The van der Waals surface area contributed by atoms with Gasteiger partial charge in [-0.2, -0.15) is 0 Å². The van der Waals surface area contributed by atoms with Gasteiger partial charge in [0.15, 0.2) is 0 Å². The average molecular weight is 495 g/mol. The number of rotatable bonds is 19. The maximum absolute atomic E-state index is 2.55. The van der Waals surface area contributed by atoms with Crippen LogP contribution in [-0.4, -0.2) is 9.52 Å². The predicted molar refractivity (Wildman–Crippen MR) is 161 cm³/mol. The van der Waals surface area contributed by atoms with Crippen LogP contribution >= 0.6 is 0 Å². The second kappa shape index (κ2) is 16.8. The molecule has 4 atom stereocenters. The summed E-state index contributed by atoms with van der Waals surface area (Å²) in [7, 11) is -0.175. The largest absolute Gasteiger partial charge is 0.0840 e. The summed E-state index contributed by atoms with van der Waals surface area (Å²) in [6.45, 7) is 4.86. The molecule has 1 saturated carbocycles. The van der Waals surface area contributed by atoms with Crippen molar-refractivity contribution in [1.29, 1.82) is 0 Å². The van der Waals surface area contributed by atoms with Crippen molar-refractivity contribution in [2.24, 2.45) is 11.8 Å². The molecule has 0 aromatic heterocycles. The highest BCUT2D eigenvalue weighted by molar-refractivity contribution is 6.44. The molecule has 3 aliphatic rings. The first-order valence-electron chi connectivity index (χ1n) is 15.9. The molecular weight excluding hydrogens is 436 g/mol. The van der Waals surface area contributed by atoms with Crippen LogP contribution in [0.1, 0.15) is 142 Å². The lowest BCUT2D eigenvalue weighted by molar-refractivity contribution is 0.435. The van der Waals surface area contributed by atoms with Crippen LogP contribution in [0.5, 0.6) is 0 Å². The molecule has 0 heterocycles. The van der Waals surface area contributed by atoms with E-state index in [1.165, 1.54) is 128 Å². The number of hydrogen-bond donors (Lipinski definition) is 0. The molecular formula is C34H58Si. The van der Waals surface area contributed by atoms with E-state index in [9.17, 15) is 0 Å². The molecule has 4 unspecified atom stereocenters. The lowest BCUT2D eigenvalue weighted by Crippen LogP contribution is -2.23.